The van der Waals surface area contributed by atoms with Gasteiger partial charge in [-0.3, -0.25) is 12.2 Å². The molecule has 0 unspecified atom stereocenters. The van der Waals surface area contributed by atoms with E-state index in [2.05, 4.69) is 51.2 Å². The van der Waals surface area contributed by atoms with Crippen molar-refractivity contribution in [3.63, 3.8) is 0 Å². The number of hydrogen-bond acceptors (Lipinski definition) is 0. The molecule has 0 spiro atoms. The molecule has 0 saturated carbocycles. The third-order valence-corrected chi connectivity index (χ3v) is 2.53. The number of rotatable bonds is 4. The molecule has 0 fully saturated rings. The van der Waals surface area contributed by atoms with Crippen molar-refractivity contribution in [2.75, 3.05) is 0 Å². The van der Waals surface area contributed by atoms with Crippen LogP contribution < -0.4 is 0 Å². The van der Waals surface area contributed by atoms with E-state index in [9.17, 15) is 13.2 Å². The molecule has 2 rings (SSSR count). The second-order valence-electron chi connectivity index (χ2n) is 4.51. The first-order chi connectivity index (χ1) is 11.6. The zero-order valence-electron chi connectivity index (χ0n) is 15.7. The van der Waals surface area contributed by atoms with Crippen LogP contribution in [0.25, 0.3) is 0 Å². The minimum atomic E-state index is -3.08. The van der Waals surface area contributed by atoms with Crippen molar-refractivity contribution < 1.29 is 36.5 Å². The zero-order valence-corrected chi connectivity index (χ0v) is 21.2. The van der Waals surface area contributed by atoms with Gasteiger partial charge in [0.25, 0.3) is 0 Å². The summed E-state index contributed by atoms with van der Waals surface area (Å²) in [4.78, 5) is 0. The second kappa shape index (κ2) is 36.4. The molecule has 154 valence electrons. The van der Waals surface area contributed by atoms with E-state index in [1.54, 1.807) is 23.3 Å². The van der Waals surface area contributed by atoms with Gasteiger partial charge in [0.15, 0.2) is 6.68 Å². The Balaban J connectivity index is -0.0000000757. The summed E-state index contributed by atoms with van der Waals surface area (Å²) < 4.78 is 28.8. The fourth-order valence-electron chi connectivity index (χ4n) is 1.33. The molecule has 2 aliphatic rings. The van der Waals surface area contributed by atoms with Crippen LogP contribution >= 0.6 is 24.8 Å². The van der Waals surface area contributed by atoms with Crippen LogP contribution in [0, 0.1) is 25.8 Å². The quantitative estimate of drug-likeness (QED) is 0.283. The van der Waals surface area contributed by atoms with E-state index >= 15 is 0 Å². The molecule has 0 heterocycles. The van der Waals surface area contributed by atoms with Crippen molar-refractivity contribution in [1.82, 2.24) is 0 Å². The van der Waals surface area contributed by atoms with Crippen LogP contribution in [0.5, 0.6) is 0 Å². The monoisotopic (exact) mass is 504 g/mol. The van der Waals surface area contributed by atoms with E-state index in [0.29, 0.717) is 0 Å². The Morgan fingerprint density at radius 1 is 1.12 bits per heavy atom. The summed E-state index contributed by atoms with van der Waals surface area (Å²) in [5, 5.41) is 0. The summed E-state index contributed by atoms with van der Waals surface area (Å²) in [7, 11) is 0. The molecule has 0 aromatic heterocycles. The standard InChI is InChI=1S/C9H13.C5H5.C4H9.CF3.2ClH.H2Si.Zr/c1-2-3-6-9-7-4-5-8-9;1-2-4-5-3-1;1-3-4-2;2-1(3)4;;;;/h7-8H,2-4,6H2,1H3;1-3H,4H2;1,3-4H2,2H3;;2*1H;1H2;/q4*-1;;;;. The normalized spacial score (nSPS) is 11.7. The van der Waals surface area contributed by atoms with Crippen LogP contribution in [-0.4, -0.2) is 6.88 Å². The molecular weight excluding hydrogens is 475 g/mol. The Hall–Kier alpha value is 0.430. The van der Waals surface area contributed by atoms with E-state index in [4.69, 9.17) is 0 Å². The summed E-state index contributed by atoms with van der Waals surface area (Å²) in [6.45, 7) is 6.82. The molecule has 0 nitrogen and oxygen atoms in total. The summed E-state index contributed by atoms with van der Waals surface area (Å²) in [5.74, 6) is 0. The van der Waals surface area contributed by atoms with Gasteiger partial charge >= 0.3 is 30.2 Å². The number of unbranched alkanes of at least 4 members (excludes halogenated alkanes) is 2. The predicted molar refractivity (Wildman–Crippen MR) is 111 cm³/mol. The van der Waals surface area contributed by atoms with E-state index in [1.165, 1.54) is 31.3 Å². The molecule has 0 bridgehead atoms. The number of halogens is 5. The molecule has 0 aliphatic heterocycles. The molecule has 0 aromatic rings. The van der Waals surface area contributed by atoms with E-state index in [0.717, 1.165) is 19.3 Å². The van der Waals surface area contributed by atoms with Gasteiger partial charge in [0, 0.05) is 0 Å². The first-order valence-corrected chi connectivity index (χ1v) is 14.0. The molecule has 0 aromatic carbocycles. The number of hydrogen-bond donors (Lipinski definition) is 0. The fourth-order valence-corrected chi connectivity index (χ4v) is 1.33. The zero-order chi connectivity index (χ0) is 19.1. The third-order valence-electron chi connectivity index (χ3n) is 2.53. The first kappa shape index (κ1) is 37.2. The predicted octanol–water partition coefficient (Wildman–Crippen LogP) is 7.06. The first-order valence-electron chi connectivity index (χ1n) is 8.03. The molecule has 0 atom stereocenters. The molecule has 0 amide bonds. The van der Waals surface area contributed by atoms with Gasteiger partial charge in [-0.05, 0) is 0 Å². The summed E-state index contributed by atoms with van der Waals surface area (Å²) in [6.07, 6.45) is 24.7. The SMILES string of the molecule is CCCCC1=CC[C-]=C1.Cl.Cl.F[C-](F)F.[C-]1=CC=CC1.[CH2-]CCC.[SiH2]=[Zr]. The van der Waals surface area contributed by atoms with Gasteiger partial charge in [0.1, 0.15) is 0 Å². The molecular formula is C19H31Cl2F3SiZr-4. The van der Waals surface area contributed by atoms with E-state index in [-0.39, 0.29) is 24.8 Å². The van der Waals surface area contributed by atoms with E-state index in [1.807, 2.05) is 19.0 Å². The van der Waals surface area contributed by atoms with Gasteiger partial charge in [0.05, 0.1) is 0 Å². The average molecular weight is 507 g/mol. The fraction of sp³-hybridized carbons (Fsp3) is 0.474. The van der Waals surface area contributed by atoms with Gasteiger partial charge in [-0.2, -0.15) is 18.6 Å². The Bertz CT molecular complexity index is 346. The molecule has 0 radical (unpaired) electrons. The van der Waals surface area contributed by atoms with E-state index < -0.39 is 6.68 Å². The van der Waals surface area contributed by atoms with Crippen LogP contribution in [0.15, 0.2) is 36.0 Å². The molecule has 26 heavy (non-hydrogen) atoms. The van der Waals surface area contributed by atoms with Crippen molar-refractivity contribution in [1.29, 1.82) is 0 Å². The summed E-state index contributed by atoms with van der Waals surface area (Å²) in [6, 6.07) is 0. The Morgan fingerprint density at radius 2 is 1.65 bits per heavy atom. The van der Waals surface area contributed by atoms with Crippen molar-refractivity contribution in [2.24, 2.45) is 0 Å². The van der Waals surface area contributed by atoms with Crippen molar-refractivity contribution in [3.8, 4) is 0 Å². The molecule has 7 heteroatoms. The van der Waals surface area contributed by atoms with Gasteiger partial charge in [-0.15, -0.1) is 37.7 Å². The van der Waals surface area contributed by atoms with Crippen molar-refractivity contribution in [2.45, 2.75) is 58.8 Å². The minimum absolute atomic E-state index is 0. The van der Waals surface area contributed by atoms with Crippen LogP contribution in [0.3, 0.4) is 0 Å². The maximum atomic E-state index is 9.58. The van der Waals surface area contributed by atoms with Crippen LogP contribution in [0.1, 0.15) is 58.8 Å². The summed E-state index contributed by atoms with van der Waals surface area (Å²) in [5.41, 5.74) is 1.48. The Kier molecular flexibility index (Phi) is 52.1. The van der Waals surface area contributed by atoms with Gasteiger partial charge in [-0.1, -0.05) is 39.5 Å². The summed E-state index contributed by atoms with van der Waals surface area (Å²) >= 11 is 1.58. The maximum absolute atomic E-state index is 9.58. The third kappa shape index (κ3) is 44.1. The Labute approximate surface area is 187 Å². The van der Waals surface area contributed by atoms with Crippen molar-refractivity contribution in [3.05, 3.63) is 61.7 Å². The second-order valence-corrected chi connectivity index (χ2v) is 4.51. The van der Waals surface area contributed by atoms with Crippen LogP contribution in [-0.2, 0) is 23.3 Å². The topological polar surface area (TPSA) is 0 Å². The van der Waals surface area contributed by atoms with Crippen LogP contribution in [0.4, 0.5) is 13.2 Å². The van der Waals surface area contributed by atoms with Crippen molar-refractivity contribution >= 4 is 31.7 Å². The van der Waals surface area contributed by atoms with Gasteiger partial charge < -0.3 is 20.1 Å². The van der Waals surface area contributed by atoms with Gasteiger partial charge in [-0.25, -0.2) is 23.8 Å². The Morgan fingerprint density at radius 3 is 1.88 bits per heavy atom. The molecule has 0 N–H and O–H groups in total. The molecule has 0 saturated heterocycles. The average Bonchev–Trinajstić information content (AvgIpc) is 3.30. The van der Waals surface area contributed by atoms with Gasteiger partial charge in [0.2, 0.25) is 0 Å². The number of allylic oxidation sites excluding steroid dienone is 8. The van der Waals surface area contributed by atoms with Crippen LogP contribution in [0.2, 0.25) is 0 Å². The molecule has 2 aliphatic carbocycles.